The van der Waals surface area contributed by atoms with E-state index in [-0.39, 0.29) is 10.7 Å². The van der Waals surface area contributed by atoms with Gasteiger partial charge >= 0.3 is 11.9 Å². The van der Waals surface area contributed by atoms with Gasteiger partial charge in [-0.2, -0.15) is 22.0 Å². The van der Waals surface area contributed by atoms with Crippen molar-refractivity contribution < 1.29 is 39.6 Å². The molecule has 1 amide bonds. The Balaban J connectivity index is 2.88. The molecule has 0 saturated heterocycles. The molecule has 5 nitrogen and oxygen atoms in total. The summed E-state index contributed by atoms with van der Waals surface area (Å²) in [6.07, 6.45) is -3.67. The second-order valence-corrected chi connectivity index (χ2v) is 5.98. The Morgan fingerprint density at radius 2 is 1.95 bits per heavy atom. The van der Waals surface area contributed by atoms with E-state index in [1.54, 1.807) is 0 Å². The first-order valence-electron chi connectivity index (χ1n) is 5.38. The SMILES string of the molecule is O=C(CS(=O)(=O)C(F)F)N(Cc1ccco1)CC(F)(F)F. The van der Waals surface area contributed by atoms with E-state index < -0.39 is 46.5 Å². The van der Waals surface area contributed by atoms with Crippen molar-refractivity contribution in [3.63, 3.8) is 0 Å². The van der Waals surface area contributed by atoms with Gasteiger partial charge in [-0.15, -0.1) is 0 Å². The smallest absolute Gasteiger partial charge is 0.406 e. The zero-order valence-electron chi connectivity index (χ0n) is 10.3. The van der Waals surface area contributed by atoms with Crippen LogP contribution in [0.25, 0.3) is 0 Å². The van der Waals surface area contributed by atoms with Crippen molar-refractivity contribution in [1.82, 2.24) is 4.90 Å². The van der Waals surface area contributed by atoms with E-state index in [1.165, 1.54) is 12.1 Å². The Morgan fingerprint density at radius 3 is 2.38 bits per heavy atom. The Bertz CT molecular complexity index is 567. The van der Waals surface area contributed by atoms with Gasteiger partial charge in [0.05, 0.1) is 12.8 Å². The molecule has 1 rings (SSSR count). The number of hydrogen-bond acceptors (Lipinski definition) is 4. The van der Waals surface area contributed by atoms with Crippen molar-refractivity contribution in [3.05, 3.63) is 24.2 Å². The summed E-state index contributed by atoms with van der Waals surface area (Å²) >= 11 is 0. The summed E-state index contributed by atoms with van der Waals surface area (Å²) in [7, 11) is -5.10. The second kappa shape index (κ2) is 6.41. The van der Waals surface area contributed by atoms with Crippen LogP contribution in [-0.4, -0.2) is 43.5 Å². The molecule has 1 aromatic heterocycles. The van der Waals surface area contributed by atoms with Crippen molar-refractivity contribution >= 4 is 15.7 Å². The predicted molar refractivity (Wildman–Crippen MR) is 60.0 cm³/mol. The van der Waals surface area contributed by atoms with Crippen LogP contribution in [0.3, 0.4) is 0 Å². The first-order valence-corrected chi connectivity index (χ1v) is 7.09. The van der Waals surface area contributed by atoms with Crippen LogP contribution >= 0.6 is 0 Å². The molecule has 0 aliphatic rings. The van der Waals surface area contributed by atoms with E-state index in [9.17, 15) is 35.2 Å². The third kappa shape index (κ3) is 5.69. The summed E-state index contributed by atoms with van der Waals surface area (Å²) in [4.78, 5) is 11.6. The zero-order chi connectivity index (χ0) is 16.3. The summed E-state index contributed by atoms with van der Waals surface area (Å²) in [5.41, 5.74) is 0. The molecule has 0 unspecified atom stereocenters. The molecule has 0 saturated carbocycles. The molecule has 0 aromatic carbocycles. The molecular formula is C10H10F5NO4S. The van der Waals surface area contributed by atoms with Crippen LogP contribution in [-0.2, 0) is 21.2 Å². The lowest BCUT2D eigenvalue weighted by atomic mass is 10.3. The number of hydrogen-bond donors (Lipinski definition) is 0. The molecule has 21 heavy (non-hydrogen) atoms. The number of halogens is 5. The van der Waals surface area contributed by atoms with Crippen molar-refractivity contribution in [2.45, 2.75) is 18.5 Å². The Kier molecular flexibility index (Phi) is 5.31. The van der Waals surface area contributed by atoms with E-state index in [4.69, 9.17) is 4.42 Å². The third-order valence-electron chi connectivity index (χ3n) is 2.25. The van der Waals surface area contributed by atoms with Crippen LogP contribution in [0.5, 0.6) is 0 Å². The van der Waals surface area contributed by atoms with Gasteiger partial charge in [0, 0.05) is 0 Å². The normalized spacial score (nSPS) is 12.7. The number of furan rings is 1. The Morgan fingerprint density at radius 1 is 1.33 bits per heavy atom. The highest BCUT2D eigenvalue weighted by Gasteiger charge is 2.36. The fourth-order valence-corrected chi connectivity index (χ4v) is 2.02. The van der Waals surface area contributed by atoms with Gasteiger partial charge < -0.3 is 9.32 Å². The summed E-state index contributed by atoms with van der Waals surface area (Å²) in [6, 6.07) is 2.61. The number of carbonyl (C=O) groups is 1. The van der Waals surface area contributed by atoms with Crippen molar-refractivity contribution in [2.75, 3.05) is 12.3 Å². The lowest BCUT2D eigenvalue weighted by molar-refractivity contribution is -0.161. The zero-order valence-corrected chi connectivity index (χ0v) is 11.1. The molecule has 0 bridgehead atoms. The van der Waals surface area contributed by atoms with E-state index in [0.29, 0.717) is 0 Å². The average molecular weight is 335 g/mol. The maximum atomic E-state index is 12.4. The number of nitrogens with zero attached hydrogens (tertiary/aromatic N) is 1. The standard InChI is InChI=1S/C10H10F5NO4S/c11-9(12)21(18,19)5-8(17)16(6-10(13,14)15)4-7-2-1-3-20-7/h1-3,9H,4-6H2. The van der Waals surface area contributed by atoms with Gasteiger partial charge in [-0.1, -0.05) is 0 Å². The Labute approximate surface area is 116 Å². The minimum atomic E-state index is -5.10. The van der Waals surface area contributed by atoms with Gasteiger partial charge in [-0.3, -0.25) is 4.79 Å². The van der Waals surface area contributed by atoms with Crippen LogP contribution in [0.4, 0.5) is 22.0 Å². The first-order chi connectivity index (χ1) is 9.51. The van der Waals surface area contributed by atoms with Gasteiger partial charge in [0.15, 0.2) is 0 Å². The largest absolute Gasteiger partial charge is 0.467 e. The highest BCUT2D eigenvalue weighted by molar-refractivity contribution is 7.92. The molecule has 0 fully saturated rings. The fourth-order valence-electron chi connectivity index (χ4n) is 1.37. The fraction of sp³-hybridized carbons (Fsp3) is 0.500. The highest BCUT2D eigenvalue weighted by Crippen LogP contribution is 2.19. The van der Waals surface area contributed by atoms with E-state index in [0.717, 1.165) is 6.26 Å². The minimum absolute atomic E-state index is 0.0398. The topological polar surface area (TPSA) is 67.6 Å². The molecule has 0 spiro atoms. The predicted octanol–water partition coefficient (Wildman–Crippen LogP) is 1.81. The molecular weight excluding hydrogens is 325 g/mol. The Hall–Kier alpha value is -1.65. The summed E-state index contributed by atoms with van der Waals surface area (Å²) < 4.78 is 88.0. The molecule has 0 aliphatic heterocycles. The molecule has 0 aliphatic carbocycles. The lowest BCUT2D eigenvalue weighted by Gasteiger charge is -2.22. The van der Waals surface area contributed by atoms with E-state index in [1.807, 2.05) is 0 Å². The second-order valence-electron chi connectivity index (χ2n) is 4.01. The number of alkyl halides is 5. The van der Waals surface area contributed by atoms with Gasteiger partial charge in [-0.25, -0.2) is 8.42 Å². The van der Waals surface area contributed by atoms with Crippen LogP contribution < -0.4 is 0 Å². The van der Waals surface area contributed by atoms with Crippen LogP contribution in [0.15, 0.2) is 22.8 Å². The third-order valence-corrected chi connectivity index (χ3v) is 3.44. The summed E-state index contributed by atoms with van der Waals surface area (Å²) in [5, 5.41) is 0. The molecule has 0 radical (unpaired) electrons. The van der Waals surface area contributed by atoms with Gasteiger partial charge in [0.25, 0.3) is 0 Å². The first kappa shape index (κ1) is 17.4. The van der Waals surface area contributed by atoms with Gasteiger partial charge in [-0.05, 0) is 12.1 Å². The van der Waals surface area contributed by atoms with Crippen LogP contribution in [0.2, 0.25) is 0 Å². The molecule has 120 valence electrons. The molecule has 0 N–H and O–H groups in total. The maximum Gasteiger partial charge on any atom is 0.406 e. The monoisotopic (exact) mass is 335 g/mol. The molecule has 0 atom stereocenters. The number of sulfone groups is 1. The number of carbonyl (C=O) groups excluding carboxylic acids is 1. The van der Waals surface area contributed by atoms with E-state index in [2.05, 4.69) is 0 Å². The molecule has 1 aromatic rings. The molecule has 1 heterocycles. The average Bonchev–Trinajstić information content (AvgIpc) is 2.78. The van der Waals surface area contributed by atoms with Crippen molar-refractivity contribution in [3.8, 4) is 0 Å². The quantitative estimate of drug-likeness (QED) is 0.744. The number of amides is 1. The maximum absolute atomic E-state index is 12.4. The van der Waals surface area contributed by atoms with Gasteiger partial charge in [0.2, 0.25) is 15.7 Å². The minimum Gasteiger partial charge on any atom is -0.467 e. The number of rotatable bonds is 6. The lowest BCUT2D eigenvalue weighted by Crippen LogP contribution is -2.42. The van der Waals surface area contributed by atoms with Crippen LogP contribution in [0.1, 0.15) is 5.76 Å². The van der Waals surface area contributed by atoms with Gasteiger partial charge in [0.1, 0.15) is 18.1 Å². The van der Waals surface area contributed by atoms with Crippen molar-refractivity contribution in [2.24, 2.45) is 0 Å². The highest BCUT2D eigenvalue weighted by atomic mass is 32.2. The summed E-state index contributed by atoms with van der Waals surface area (Å²) in [6.45, 7) is -2.45. The van der Waals surface area contributed by atoms with Crippen LogP contribution in [0, 0.1) is 0 Å². The van der Waals surface area contributed by atoms with E-state index >= 15 is 0 Å². The summed E-state index contributed by atoms with van der Waals surface area (Å²) in [5.74, 6) is -7.16. The molecule has 11 heteroatoms. The van der Waals surface area contributed by atoms with Crippen molar-refractivity contribution in [1.29, 1.82) is 0 Å².